The van der Waals surface area contributed by atoms with E-state index < -0.39 is 0 Å². The Labute approximate surface area is 236 Å². The number of nitro groups is 1. The van der Waals surface area contributed by atoms with E-state index in [1.165, 1.54) is 0 Å². The maximum absolute atomic E-state index is 13.9. The van der Waals surface area contributed by atoms with Crippen molar-refractivity contribution in [3.05, 3.63) is 98.1 Å². The van der Waals surface area contributed by atoms with Crippen molar-refractivity contribution in [2.75, 3.05) is 25.1 Å². The first-order valence-electron chi connectivity index (χ1n) is 14.1. The van der Waals surface area contributed by atoms with Crippen molar-refractivity contribution in [2.45, 2.75) is 37.8 Å². The Hall–Kier alpha value is -4.60. The number of nitro benzene ring substituents is 1. The molecule has 2 bridgehead atoms. The van der Waals surface area contributed by atoms with Crippen molar-refractivity contribution in [3.63, 3.8) is 0 Å². The fourth-order valence-electron chi connectivity index (χ4n) is 7.39. The molecule has 210 valence electrons. The highest BCUT2D eigenvalue weighted by Gasteiger charge is 2.49. The SMILES string of the molecule is COc1ccc2[nH]cc(CCNC(=O)[C@@H]3Cc4cc([N+](=O)[O-])ccc4N4C[C@H]5C[C@@H](Cn6c5cccc6=O)[C@@H]34)c2c1. The highest BCUT2D eigenvalue weighted by Crippen LogP contribution is 2.47. The molecule has 3 aliphatic heterocycles. The van der Waals surface area contributed by atoms with Gasteiger partial charge < -0.3 is 24.5 Å². The predicted molar refractivity (Wildman–Crippen MR) is 155 cm³/mol. The molecule has 0 saturated carbocycles. The van der Waals surface area contributed by atoms with Crippen molar-refractivity contribution in [1.29, 1.82) is 0 Å². The maximum Gasteiger partial charge on any atom is 0.269 e. The molecule has 2 aromatic heterocycles. The number of amides is 1. The van der Waals surface area contributed by atoms with Crippen molar-refractivity contribution in [1.82, 2.24) is 14.9 Å². The average Bonchev–Trinajstić information content (AvgIpc) is 3.38. The number of nitrogens with one attached hydrogen (secondary N) is 2. The molecule has 10 nitrogen and oxygen atoms in total. The van der Waals surface area contributed by atoms with Crippen LogP contribution >= 0.6 is 0 Å². The molecule has 10 heteroatoms. The van der Waals surface area contributed by atoms with Gasteiger partial charge in [-0.3, -0.25) is 19.7 Å². The second kappa shape index (κ2) is 9.79. The van der Waals surface area contributed by atoms with E-state index in [1.807, 2.05) is 47.2 Å². The summed E-state index contributed by atoms with van der Waals surface area (Å²) in [5.41, 5.74) is 4.94. The van der Waals surface area contributed by atoms with Gasteiger partial charge in [0.2, 0.25) is 5.91 Å². The Balaban J connectivity index is 1.18. The van der Waals surface area contributed by atoms with E-state index in [9.17, 15) is 19.7 Å². The zero-order valence-electron chi connectivity index (χ0n) is 22.7. The molecule has 1 amide bonds. The largest absolute Gasteiger partial charge is 0.497 e. The van der Waals surface area contributed by atoms with Crippen LogP contribution in [0.15, 0.2) is 65.6 Å². The fourth-order valence-corrected chi connectivity index (χ4v) is 7.39. The molecule has 7 rings (SSSR count). The number of nitrogens with zero attached hydrogens (tertiary/aromatic N) is 3. The van der Waals surface area contributed by atoms with E-state index >= 15 is 0 Å². The van der Waals surface area contributed by atoms with Crippen molar-refractivity contribution in [2.24, 2.45) is 11.8 Å². The Morgan fingerprint density at radius 3 is 2.88 bits per heavy atom. The number of rotatable bonds is 6. The van der Waals surface area contributed by atoms with Crippen LogP contribution in [-0.2, 0) is 24.2 Å². The summed E-state index contributed by atoms with van der Waals surface area (Å²) >= 11 is 0. The third-order valence-corrected chi connectivity index (χ3v) is 9.21. The third kappa shape index (κ3) is 4.25. The summed E-state index contributed by atoms with van der Waals surface area (Å²) < 4.78 is 7.26. The molecule has 0 aliphatic carbocycles. The number of hydrogen-bond acceptors (Lipinski definition) is 6. The third-order valence-electron chi connectivity index (χ3n) is 9.21. The number of pyridine rings is 1. The minimum Gasteiger partial charge on any atom is -0.497 e. The molecule has 1 saturated heterocycles. The Morgan fingerprint density at radius 1 is 1.17 bits per heavy atom. The van der Waals surface area contributed by atoms with Crippen LogP contribution in [0.25, 0.3) is 10.9 Å². The number of methoxy groups -OCH3 is 1. The zero-order chi connectivity index (χ0) is 28.2. The smallest absolute Gasteiger partial charge is 0.269 e. The summed E-state index contributed by atoms with van der Waals surface area (Å²) in [7, 11) is 1.64. The number of ether oxygens (including phenoxy) is 1. The van der Waals surface area contributed by atoms with Crippen LogP contribution in [0.5, 0.6) is 5.75 Å². The Bertz CT molecular complexity index is 1740. The lowest BCUT2D eigenvalue weighted by Crippen LogP contribution is -2.61. The number of aromatic nitrogens is 2. The fraction of sp³-hybridized carbons (Fsp3) is 0.355. The van der Waals surface area contributed by atoms with Gasteiger partial charge in [0, 0.05) is 78.3 Å². The highest BCUT2D eigenvalue weighted by molar-refractivity contribution is 5.85. The van der Waals surface area contributed by atoms with Gasteiger partial charge in [-0.25, -0.2) is 0 Å². The predicted octanol–water partition coefficient (Wildman–Crippen LogP) is 3.77. The lowest BCUT2D eigenvalue weighted by Gasteiger charge is -2.54. The number of piperidine rings is 1. The van der Waals surface area contributed by atoms with Crippen LogP contribution in [-0.4, -0.2) is 46.6 Å². The number of non-ortho nitro benzene ring substituents is 1. The quantitative estimate of drug-likeness (QED) is 0.277. The highest BCUT2D eigenvalue weighted by atomic mass is 16.6. The summed E-state index contributed by atoms with van der Waals surface area (Å²) in [5.74, 6) is 0.601. The molecule has 4 atom stereocenters. The van der Waals surface area contributed by atoms with E-state index in [0.717, 1.165) is 45.6 Å². The van der Waals surface area contributed by atoms with Gasteiger partial charge in [-0.15, -0.1) is 0 Å². The zero-order valence-corrected chi connectivity index (χ0v) is 22.7. The van der Waals surface area contributed by atoms with E-state index in [2.05, 4.69) is 15.2 Å². The van der Waals surface area contributed by atoms with E-state index in [1.54, 1.807) is 25.3 Å². The molecular weight excluding hydrogens is 522 g/mol. The summed E-state index contributed by atoms with van der Waals surface area (Å²) in [6.45, 7) is 1.69. The Morgan fingerprint density at radius 2 is 2.05 bits per heavy atom. The molecule has 3 aliphatic rings. The van der Waals surface area contributed by atoms with Crippen LogP contribution in [0, 0.1) is 22.0 Å². The monoisotopic (exact) mass is 553 g/mol. The number of benzene rings is 2. The summed E-state index contributed by atoms with van der Waals surface area (Å²) in [5, 5.41) is 15.8. The number of fused-ring (bicyclic) bond motifs is 9. The molecule has 0 spiro atoms. The lowest BCUT2D eigenvalue weighted by atomic mass is 9.70. The van der Waals surface area contributed by atoms with Crippen molar-refractivity contribution < 1.29 is 14.5 Å². The maximum atomic E-state index is 13.9. The van der Waals surface area contributed by atoms with Gasteiger partial charge in [-0.05, 0) is 66.6 Å². The van der Waals surface area contributed by atoms with E-state index in [0.29, 0.717) is 32.5 Å². The van der Waals surface area contributed by atoms with Crippen LogP contribution in [0.2, 0.25) is 0 Å². The average molecular weight is 554 g/mol. The number of H-pyrrole nitrogens is 1. The molecule has 1 fully saturated rings. The summed E-state index contributed by atoms with van der Waals surface area (Å²) in [4.78, 5) is 43.4. The minimum atomic E-state index is -0.389. The number of aromatic amines is 1. The van der Waals surface area contributed by atoms with Crippen molar-refractivity contribution in [3.8, 4) is 5.75 Å². The van der Waals surface area contributed by atoms with Gasteiger partial charge in [0.05, 0.1) is 18.0 Å². The topological polar surface area (TPSA) is 122 Å². The van der Waals surface area contributed by atoms with Gasteiger partial charge in [-0.2, -0.15) is 0 Å². The summed E-state index contributed by atoms with van der Waals surface area (Å²) in [6.07, 6.45) is 3.95. The first-order chi connectivity index (χ1) is 19.9. The van der Waals surface area contributed by atoms with Gasteiger partial charge in [0.15, 0.2) is 0 Å². The van der Waals surface area contributed by atoms with Crippen LogP contribution in [0.3, 0.4) is 0 Å². The molecule has 4 aromatic rings. The van der Waals surface area contributed by atoms with Crippen LogP contribution in [0.4, 0.5) is 11.4 Å². The molecule has 0 radical (unpaired) electrons. The first kappa shape index (κ1) is 25.4. The molecule has 2 N–H and O–H groups in total. The van der Waals surface area contributed by atoms with E-state index in [-0.39, 0.29) is 45.9 Å². The molecule has 5 heterocycles. The number of carbonyl (C=O) groups is 1. The number of hydrogen-bond donors (Lipinski definition) is 2. The molecule has 2 aromatic carbocycles. The Kier molecular flexibility index (Phi) is 6.06. The van der Waals surface area contributed by atoms with Crippen LogP contribution < -0.4 is 20.5 Å². The molecule has 41 heavy (non-hydrogen) atoms. The molecule has 0 unspecified atom stereocenters. The van der Waals surface area contributed by atoms with Gasteiger partial charge in [0.25, 0.3) is 11.2 Å². The van der Waals surface area contributed by atoms with Gasteiger partial charge in [-0.1, -0.05) is 6.07 Å². The second-order valence-electron chi connectivity index (χ2n) is 11.4. The van der Waals surface area contributed by atoms with Crippen LogP contribution in [0.1, 0.15) is 29.2 Å². The number of anilines is 1. The molecular formula is C31H31N5O5. The normalized spacial score (nSPS) is 22.4. The van der Waals surface area contributed by atoms with Crippen molar-refractivity contribution >= 4 is 28.2 Å². The first-order valence-corrected chi connectivity index (χ1v) is 14.1. The standard InChI is InChI=1S/C31H31N5O5/c1-41-23-6-7-26-24(14-23)18(15-33-26)9-10-32-31(38)25-13-19-12-22(36(39)40)5-8-28(19)35-16-20-11-21(30(25)35)17-34-27(20)3-2-4-29(34)37/h2-8,12,14-15,20-21,25,30,33H,9-11,13,16-17H2,1H3,(H,32,38)/t20-,21+,25-,30+/m1/s1. The lowest BCUT2D eigenvalue weighted by molar-refractivity contribution is -0.384. The summed E-state index contributed by atoms with van der Waals surface area (Å²) in [6, 6.07) is 16.2. The van der Waals surface area contributed by atoms with Gasteiger partial charge in [0.1, 0.15) is 5.75 Å². The second-order valence-corrected chi connectivity index (χ2v) is 11.4. The minimum absolute atomic E-state index is 0.00570. The number of carbonyl (C=O) groups excluding carboxylic acids is 1. The van der Waals surface area contributed by atoms with E-state index in [4.69, 9.17) is 4.74 Å². The van der Waals surface area contributed by atoms with Gasteiger partial charge >= 0.3 is 0 Å².